The van der Waals surface area contributed by atoms with Crippen molar-refractivity contribution < 1.29 is 14.3 Å². The Hall–Kier alpha value is -3.36. The lowest BCUT2D eigenvalue weighted by Crippen LogP contribution is -2.34. The van der Waals surface area contributed by atoms with Gasteiger partial charge >= 0.3 is 6.09 Å². The fourth-order valence-corrected chi connectivity index (χ4v) is 6.02. The van der Waals surface area contributed by atoms with Crippen LogP contribution in [0, 0.1) is 6.92 Å². The topological polar surface area (TPSA) is 77.4 Å². The molecule has 8 heteroatoms. The number of fused-ring (bicyclic) bond motifs is 1. The van der Waals surface area contributed by atoms with Crippen molar-refractivity contribution in [2.45, 2.75) is 58.6 Å². The van der Waals surface area contributed by atoms with Crippen LogP contribution in [0.1, 0.15) is 55.8 Å². The van der Waals surface area contributed by atoms with E-state index in [-0.39, 0.29) is 6.09 Å². The number of nitrogens with zero attached hydrogens (tertiary/aromatic N) is 4. The fourth-order valence-electron chi connectivity index (χ4n) is 4.75. The highest BCUT2D eigenvalue weighted by Gasteiger charge is 2.27. The van der Waals surface area contributed by atoms with Crippen LogP contribution in [0.2, 0.25) is 0 Å². The number of ether oxygens (including phenoxy) is 2. The van der Waals surface area contributed by atoms with Crippen LogP contribution >= 0.6 is 11.3 Å². The first kappa shape index (κ1) is 26.3. The number of rotatable bonds is 5. The van der Waals surface area contributed by atoms with Crippen LogP contribution < -0.4 is 0 Å². The lowest BCUT2D eigenvalue weighted by atomic mass is 9.97. The third kappa shape index (κ3) is 5.87. The number of aromatic nitrogens is 3. The van der Waals surface area contributed by atoms with Crippen molar-refractivity contribution >= 4 is 28.2 Å². The van der Waals surface area contributed by atoms with Gasteiger partial charge in [0.05, 0.1) is 12.2 Å². The zero-order chi connectivity index (χ0) is 26.9. The molecular weight excluding hydrogens is 496 g/mol. The summed E-state index contributed by atoms with van der Waals surface area (Å²) in [5.74, 6) is 0.363. The number of pyridine rings is 2. The first-order chi connectivity index (χ1) is 18.2. The molecule has 7 nitrogen and oxygen atoms in total. The maximum Gasteiger partial charge on any atom is 0.410 e. The molecule has 0 unspecified atom stereocenters. The minimum Gasteiger partial charge on any atom is -0.444 e. The Bertz CT molecular complexity index is 1450. The Morgan fingerprint density at radius 3 is 2.63 bits per heavy atom. The van der Waals surface area contributed by atoms with E-state index in [9.17, 15) is 4.79 Å². The largest absolute Gasteiger partial charge is 0.444 e. The molecule has 4 heterocycles. The van der Waals surface area contributed by atoms with Gasteiger partial charge in [0.25, 0.3) is 0 Å². The Balaban J connectivity index is 1.51. The van der Waals surface area contributed by atoms with Gasteiger partial charge in [0.1, 0.15) is 10.6 Å². The van der Waals surface area contributed by atoms with E-state index in [4.69, 9.17) is 14.5 Å². The maximum atomic E-state index is 12.7. The lowest BCUT2D eigenvalue weighted by Gasteiger charge is -2.25. The van der Waals surface area contributed by atoms with Crippen molar-refractivity contribution in [2.75, 3.05) is 20.3 Å². The van der Waals surface area contributed by atoms with Crippen molar-refractivity contribution in [1.82, 2.24) is 19.9 Å². The van der Waals surface area contributed by atoms with Gasteiger partial charge in [0.15, 0.2) is 0 Å². The molecule has 0 spiro atoms. The van der Waals surface area contributed by atoms with Gasteiger partial charge in [-0.25, -0.2) is 9.78 Å². The van der Waals surface area contributed by atoms with Gasteiger partial charge in [0.2, 0.25) is 0 Å². The zero-order valence-corrected chi connectivity index (χ0v) is 23.5. The van der Waals surface area contributed by atoms with Gasteiger partial charge in [0, 0.05) is 60.4 Å². The molecule has 38 heavy (non-hydrogen) atoms. The lowest BCUT2D eigenvalue weighted by molar-refractivity contribution is 0.0282. The number of hydrogen-bond acceptors (Lipinski definition) is 7. The average Bonchev–Trinajstić information content (AvgIpc) is 3.31. The van der Waals surface area contributed by atoms with Gasteiger partial charge in [-0.05, 0) is 81.2 Å². The molecule has 4 aromatic rings. The van der Waals surface area contributed by atoms with Gasteiger partial charge in [-0.15, -0.1) is 11.3 Å². The maximum absolute atomic E-state index is 12.7. The molecule has 0 saturated carbocycles. The molecule has 3 aromatic heterocycles. The van der Waals surface area contributed by atoms with Crippen molar-refractivity contribution in [3.63, 3.8) is 0 Å². The van der Waals surface area contributed by atoms with E-state index in [1.165, 1.54) is 4.88 Å². The molecule has 0 atom stereocenters. The van der Waals surface area contributed by atoms with Gasteiger partial charge in [-0.2, -0.15) is 0 Å². The second kappa shape index (κ2) is 10.8. The number of hydrogen-bond donors (Lipinski definition) is 0. The average molecular weight is 531 g/mol. The summed E-state index contributed by atoms with van der Waals surface area (Å²) in [7, 11) is 1.77. The van der Waals surface area contributed by atoms with E-state index in [1.807, 2.05) is 52.4 Å². The van der Waals surface area contributed by atoms with E-state index in [0.29, 0.717) is 12.5 Å². The molecule has 0 bridgehead atoms. The predicted octanol–water partition coefficient (Wildman–Crippen LogP) is 6.99. The summed E-state index contributed by atoms with van der Waals surface area (Å²) < 4.78 is 11.2. The highest BCUT2D eigenvalue weighted by molar-refractivity contribution is 7.15. The van der Waals surface area contributed by atoms with E-state index in [1.54, 1.807) is 23.3 Å². The van der Waals surface area contributed by atoms with Crippen molar-refractivity contribution in [3.8, 4) is 21.7 Å². The first-order valence-corrected chi connectivity index (χ1v) is 13.8. The molecule has 1 aliphatic heterocycles. The van der Waals surface area contributed by atoms with Gasteiger partial charge in [-0.3, -0.25) is 9.97 Å². The first-order valence-electron chi connectivity index (χ1n) is 13.0. The molecule has 0 N–H and O–H groups in total. The van der Waals surface area contributed by atoms with Crippen LogP contribution in [0.15, 0.2) is 48.9 Å². The van der Waals surface area contributed by atoms with Crippen molar-refractivity contribution in [3.05, 3.63) is 65.2 Å². The summed E-state index contributed by atoms with van der Waals surface area (Å²) in [5.41, 5.74) is 4.62. The Morgan fingerprint density at radius 1 is 1.13 bits per heavy atom. The summed E-state index contributed by atoms with van der Waals surface area (Å²) in [6, 6.07) is 10.6. The summed E-state index contributed by atoms with van der Waals surface area (Å²) in [4.78, 5) is 29.5. The number of benzene rings is 1. The van der Waals surface area contributed by atoms with Gasteiger partial charge < -0.3 is 14.4 Å². The normalized spacial score (nSPS) is 14.6. The third-order valence-corrected chi connectivity index (χ3v) is 7.92. The molecule has 0 radical (unpaired) electrons. The Kier molecular flexibility index (Phi) is 7.45. The number of amides is 1. The van der Waals surface area contributed by atoms with E-state index < -0.39 is 5.60 Å². The van der Waals surface area contributed by atoms with Crippen molar-refractivity contribution in [2.24, 2.45) is 0 Å². The number of carbonyl (C=O) groups excluding carboxylic acids is 1. The number of thiazole rings is 1. The molecule has 1 fully saturated rings. The van der Waals surface area contributed by atoms with E-state index in [0.717, 1.165) is 69.9 Å². The summed E-state index contributed by atoms with van der Waals surface area (Å²) in [6.45, 7) is 9.51. The molecule has 5 rings (SSSR count). The highest BCUT2D eigenvalue weighted by Crippen LogP contribution is 2.40. The predicted molar refractivity (Wildman–Crippen MR) is 151 cm³/mol. The van der Waals surface area contributed by atoms with Gasteiger partial charge in [-0.1, -0.05) is 12.1 Å². The fraction of sp³-hybridized carbons (Fsp3) is 0.400. The number of carbonyl (C=O) groups is 1. The molecule has 1 saturated heterocycles. The quantitative estimate of drug-likeness (QED) is 0.277. The van der Waals surface area contributed by atoms with Crippen LogP contribution in [-0.4, -0.2) is 51.8 Å². The second-order valence-electron chi connectivity index (χ2n) is 10.9. The molecule has 198 valence electrons. The van der Waals surface area contributed by atoms with Crippen LogP contribution in [0.3, 0.4) is 0 Å². The second-order valence-corrected chi connectivity index (χ2v) is 11.9. The number of aryl methyl sites for hydroxylation is 1. The summed E-state index contributed by atoms with van der Waals surface area (Å²) in [5, 5.41) is 3.09. The smallest absolute Gasteiger partial charge is 0.410 e. The van der Waals surface area contributed by atoms with Crippen LogP contribution in [0.25, 0.3) is 32.5 Å². The van der Waals surface area contributed by atoms with Crippen LogP contribution in [-0.2, 0) is 16.0 Å². The SMILES string of the molecule is Cc1cc(-c2ccc3c(-c4nc(CN(C)C(=O)OC(C)(C)C)c(C5CCOCC5)s4)cncc3c2)ccn1. The molecular formula is C30H34N4O3S. The molecule has 1 aliphatic rings. The monoisotopic (exact) mass is 530 g/mol. The summed E-state index contributed by atoms with van der Waals surface area (Å²) in [6.07, 6.45) is 7.19. The third-order valence-electron chi connectivity index (χ3n) is 6.63. The Labute approximate surface area is 227 Å². The van der Waals surface area contributed by atoms with Crippen LogP contribution in [0.5, 0.6) is 0 Å². The zero-order valence-electron chi connectivity index (χ0n) is 22.7. The Morgan fingerprint density at radius 2 is 1.89 bits per heavy atom. The standard InChI is InChI=1S/C30H34N4O3S/c1-19-14-22(8-11-32-19)21-6-7-24-23(15-21)16-31-17-25(24)28-33-26(18-34(5)29(35)37-30(2,3)4)27(38-28)20-9-12-36-13-10-20/h6-8,11,14-17,20H,9-10,12-13,18H2,1-5H3. The molecule has 1 aromatic carbocycles. The minimum atomic E-state index is -0.551. The van der Waals surface area contributed by atoms with E-state index >= 15 is 0 Å². The minimum absolute atomic E-state index is 0.351. The molecule has 1 amide bonds. The van der Waals surface area contributed by atoms with E-state index in [2.05, 4.69) is 34.2 Å². The molecule has 0 aliphatic carbocycles. The van der Waals surface area contributed by atoms with Crippen LogP contribution in [0.4, 0.5) is 4.79 Å². The highest BCUT2D eigenvalue weighted by atomic mass is 32.1. The van der Waals surface area contributed by atoms with Crippen molar-refractivity contribution in [1.29, 1.82) is 0 Å². The summed E-state index contributed by atoms with van der Waals surface area (Å²) >= 11 is 1.71.